The van der Waals surface area contributed by atoms with Crippen molar-refractivity contribution in [3.05, 3.63) is 47.3 Å². The summed E-state index contributed by atoms with van der Waals surface area (Å²) in [6.07, 6.45) is 4.73. The molecule has 1 aromatic heterocycles. The molecule has 4 heteroatoms. The van der Waals surface area contributed by atoms with Gasteiger partial charge in [0.25, 0.3) is 0 Å². The third kappa shape index (κ3) is 2.90. The van der Waals surface area contributed by atoms with Gasteiger partial charge in [0.2, 0.25) is 0 Å². The number of hydrogen-bond acceptors (Lipinski definition) is 2. The van der Waals surface area contributed by atoms with E-state index in [0.29, 0.717) is 5.56 Å². The molecule has 0 aliphatic carbocycles. The smallest absolute Gasteiger partial charge is 0.126 e. The summed E-state index contributed by atoms with van der Waals surface area (Å²) in [5.74, 6) is 0.742. The van der Waals surface area contributed by atoms with E-state index in [1.165, 1.54) is 0 Å². The minimum absolute atomic E-state index is 0.0989. The van der Waals surface area contributed by atoms with Crippen LogP contribution in [0.5, 0.6) is 0 Å². The summed E-state index contributed by atoms with van der Waals surface area (Å²) in [4.78, 5) is 4.26. The molecule has 2 rings (SSSR count). The Kier molecular flexibility index (Phi) is 4.55. The van der Waals surface area contributed by atoms with Crippen LogP contribution in [0.4, 0.5) is 4.39 Å². The van der Waals surface area contributed by atoms with E-state index in [1.807, 2.05) is 23.8 Å². The molecule has 0 spiro atoms. The van der Waals surface area contributed by atoms with Crippen LogP contribution in [-0.4, -0.2) is 16.1 Å². The number of aromatic nitrogens is 2. The number of nitrogens with zero attached hydrogens (tertiary/aromatic N) is 2. The molecule has 0 saturated heterocycles. The van der Waals surface area contributed by atoms with E-state index >= 15 is 0 Å². The maximum Gasteiger partial charge on any atom is 0.126 e. The first-order valence-corrected chi connectivity index (χ1v) is 7.08. The normalized spacial score (nSPS) is 12.7. The van der Waals surface area contributed by atoms with Gasteiger partial charge in [-0.2, -0.15) is 0 Å². The summed E-state index contributed by atoms with van der Waals surface area (Å²) in [7, 11) is 0. The van der Waals surface area contributed by atoms with Crippen LogP contribution in [0.3, 0.4) is 0 Å². The maximum atomic E-state index is 13.9. The van der Waals surface area contributed by atoms with E-state index in [1.54, 1.807) is 19.2 Å². The average Bonchev–Trinajstić information content (AvgIpc) is 2.84. The fourth-order valence-electron chi connectivity index (χ4n) is 2.34. The van der Waals surface area contributed by atoms with Gasteiger partial charge in [-0.25, -0.2) is 9.37 Å². The van der Waals surface area contributed by atoms with Gasteiger partial charge in [0.15, 0.2) is 0 Å². The van der Waals surface area contributed by atoms with E-state index < -0.39 is 0 Å². The van der Waals surface area contributed by atoms with Crippen LogP contribution in [0.2, 0.25) is 0 Å². The minimum Gasteiger partial charge on any atom is -0.310 e. The Hall–Kier alpha value is -1.68. The van der Waals surface area contributed by atoms with Crippen molar-refractivity contribution in [2.24, 2.45) is 0 Å². The third-order valence-electron chi connectivity index (χ3n) is 3.56. The minimum atomic E-state index is -0.160. The van der Waals surface area contributed by atoms with Crippen molar-refractivity contribution in [2.75, 3.05) is 6.54 Å². The van der Waals surface area contributed by atoms with E-state index in [0.717, 1.165) is 30.0 Å². The molecule has 0 radical (unpaired) electrons. The molecular formula is C16H22FN3. The van der Waals surface area contributed by atoms with Crippen LogP contribution in [-0.2, 0) is 0 Å². The first-order valence-electron chi connectivity index (χ1n) is 7.08. The van der Waals surface area contributed by atoms with Crippen molar-refractivity contribution in [2.45, 2.75) is 40.2 Å². The van der Waals surface area contributed by atoms with Gasteiger partial charge < -0.3 is 9.88 Å². The van der Waals surface area contributed by atoms with Crippen molar-refractivity contribution in [3.8, 4) is 5.69 Å². The van der Waals surface area contributed by atoms with Gasteiger partial charge in [-0.15, -0.1) is 0 Å². The van der Waals surface area contributed by atoms with Crippen LogP contribution >= 0.6 is 0 Å². The average molecular weight is 275 g/mol. The molecule has 0 aliphatic heterocycles. The Balaban J connectivity index is 2.49. The molecule has 20 heavy (non-hydrogen) atoms. The van der Waals surface area contributed by atoms with Crippen molar-refractivity contribution >= 4 is 0 Å². The van der Waals surface area contributed by atoms with Crippen molar-refractivity contribution < 1.29 is 4.39 Å². The van der Waals surface area contributed by atoms with Crippen molar-refractivity contribution in [1.82, 2.24) is 14.9 Å². The lowest BCUT2D eigenvalue weighted by Crippen LogP contribution is -2.21. The zero-order valence-corrected chi connectivity index (χ0v) is 12.6. The number of aryl methyl sites for hydroxylation is 2. The lowest BCUT2D eigenvalue weighted by molar-refractivity contribution is 0.558. The number of rotatable bonds is 5. The van der Waals surface area contributed by atoms with E-state index in [2.05, 4.69) is 24.1 Å². The second-order valence-electron chi connectivity index (χ2n) is 5.18. The number of halogens is 1. The molecule has 0 amide bonds. The van der Waals surface area contributed by atoms with Gasteiger partial charge in [-0.05, 0) is 57.0 Å². The molecule has 1 atom stereocenters. The molecule has 1 N–H and O–H groups in total. The number of nitrogens with one attached hydrogen (secondary N) is 1. The van der Waals surface area contributed by atoms with E-state index in [4.69, 9.17) is 0 Å². The summed E-state index contributed by atoms with van der Waals surface area (Å²) in [6, 6.07) is 3.63. The summed E-state index contributed by atoms with van der Waals surface area (Å²) in [6.45, 7) is 8.84. The fourth-order valence-corrected chi connectivity index (χ4v) is 2.34. The molecule has 0 bridgehead atoms. The molecule has 0 fully saturated rings. The predicted octanol–water partition coefficient (Wildman–Crippen LogP) is 3.69. The third-order valence-corrected chi connectivity index (χ3v) is 3.56. The van der Waals surface area contributed by atoms with Gasteiger partial charge in [0, 0.05) is 18.4 Å². The van der Waals surface area contributed by atoms with Crippen LogP contribution < -0.4 is 5.32 Å². The molecule has 0 aliphatic rings. The van der Waals surface area contributed by atoms with Crippen molar-refractivity contribution in [1.29, 1.82) is 0 Å². The van der Waals surface area contributed by atoms with Crippen LogP contribution in [0.25, 0.3) is 5.69 Å². The van der Waals surface area contributed by atoms with Gasteiger partial charge in [0.1, 0.15) is 11.6 Å². The number of benzene rings is 1. The Morgan fingerprint density at radius 2 is 2.10 bits per heavy atom. The molecule has 2 aromatic rings. The number of hydrogen-bond donors (Lipinski definition) is 1. The lowest BCUT2D eigenvalue weighted by Gasteiger charge is -2.20. The molecule has 1 aromatic carbocycles. The summed E-state index contributed by atoms with van der Waals surface area (Å²) < 4.78 is 15.9. The van der Waals surface area contributed by atoms with Gasteiger partial charge in [-0.1, -0.05) is 6.92 Å². The molecule has 0 saturated carbocycles. The predicted molar refractivity (Wildman–Crippen MR) is 79.7 cm³/mol. The van der Waals surface area contributed by atoms with Crippen LogP contribution in [0.15, 0.2) is 24.5 Å². The highest BCUT2D eigenvalue weighted by Gasteiger charge is 2.15. The highest BCUT2D eigenvalue weighted by Crippen LogP contribution is 2.26. The fraction of sp³-hybridized carbons (Fsp3) is 0.438. The summed E-state index contributed by atoms with van der Waals surface area (Å²) in [5.41, 5.74) is 2.61. The zero-order chi connectivity index (χ0) is 14.7. The Morgan fingerprint density at radius 1 is 1.35 bits per heavy atom. The number of imidazole rings is 1. The van der Waals surface area contributed by atoms with Gasteiger partial charge >= 0.3 is 0 Å². The summed E-state index contributed by atoms with van der Waals surface area (Å²) in [5, 5.41) is 3.42. The second-order valence-corrected chi connectivity index (χ2v) is 5.18. The highest BCUT2D eigenvalue weighted by atomic mass is 19.1. The lowest BCUT2D eigenvalue weighted by atomic mass is 10.0. The molecule has 1 heterocycles. The largest absolute Gasteiger partial charge is 0.310 e. The Labute approximate surface area is 119 Å². The molecular weight excluding hydrogens is 253 g/mol. The standard InChI is InChI=1S/C16H22FN3/c1-5-6-18-12(3)14-10-15(17)11(2)9-16(14)20-8-7-19-13(20)4/h7-10,12,18H,5-6H2,1-4H3. The summed E-state index contributed by atoms with van der Waals surface area (Å²) >= 11 is 0. The molecule has 3 nitrogen and oxygen atoms in total. The first kappa shape index (κ1) is 14.7. The quantitative estimate of drug-likeness (QED) is 0.902. The van der Waals surface area contributed by atoms with Crippen molar-refractivity contribution in [3.63, 3.8) is 0 Å². The Morgan fingerprint density at radius 3 is 2.70 bits per heavy atom. The van der Waals surface area contributed by atoms with E-state index in [9.17, 15) is 4.39 Å². The first-order chi connectivity index (χ1) is 9.54. The van der Waals surface area contributed by atoms with Gasteiger partial charge in [0.05, 0.1) is 5.69 Å². The van der Waals surface area contributed by atoms with Gasteiger partial charge in [-0.3, -0.25) is 0 Å². The second kappa shape index (κ2) is 6.18. The van der Waals surface area contributed by atoms with E-state index in [-0.39, 0.29) is 11.9 Å². The topological polar surface area (TPSA) is 29.9 Å². The monoisotopic (exact) mass is 275 g/mol. The SMILES string of the molecule is CCCNC(C)c1cc(F)c(C)cc1-n1ccnc1C. The molecule has 1 unspecified atom stereocenters. The Bertz CT molecular complexity index is 589. The maximum absolute atomic E-state index is 13.9. The zero-order valence-electron chi connectivity index (χ0n) is 12.6. The molecule has 108 valence electrons. The van der Waals surface area contributed by atoms with Crippen LogP contribution in [0, 0.1) is 19.7 Å². The van der Waals surface area contributed by atoms with Crippen LogP contribution in [0.1, 0.15) is 43.3 Å². The highest BCUT2D eigenvalue weighted by molar-refractivity contribution is 5.47.